The van der Waals surface area contributed by atoms with E-state index in [-0.39, 0.29) is 23.4 Å². The lowest BCUT2D eigenvalue weighted by atomic mass is 10.2. The summed E-state index contributed by atoms with van der Waals surface area (Å²) in [6, 6.07) is 4.25. The van der Waals surface area contributed by atoms with E-state index in [1.54, 1.807) is 19.1 Å². The Morgan fingerprint density at radius 1 is 1.44 bits per heavy atom. The molecule has 0 bridgehead atoms. The minimum Gasteiger partial charge on any atom is -0.419 e. The van der Waals surface area contributed by atoms with Crippen molar-refractivity contribution in [2.24, 2.45) is 5.73 Å². The summed E-state index contributed by atoms with van der Waals surface area (Å²) in [5, 5.41) is 7.48. The molecule has 0 saturated heterocycles. The zero-order chi connectivity index (χ0) is 11.7. The van der Waals surface area contributed by atoms with Crippen molar-refractivity contribution in [3.8, 4) is 11.5 Å². The Morgan fingerprint density at radius 3 is 2.75 bits per heavy atom. The summed E-state index contributed by atoms with van der Waals surface area (Å²) in [5.41, 5.74) is 5.84. The van der Waals surface area contributed by atoms with Crippen molar-refractivity contribution in [2.45, 2.75) is 13.0 Å². The number of hydrogen-bond donors (Lipinski definition) is 1. The first-order valence-electron chi connectivity index (χ1n) is 4.62. The lowest BCUT2D eigenvalue weighted by Gasteiger charge is -1.98. The maximum absolute atomic E-state index is 13.6. The van der Waals surface area contributed by atoms with Crippen LogP contribution in [-0.4, -0.2) is 10.2 Å². The predicted octanol–water partition coefficient (Wildman–Crippen LogP) is 2.66. The van der Waals surface area contributed by atoms with Gasteiger partial charge in [-0.1, -0.05) is 15.9 Å². The molecule has 1 atom stereocenters. The van der Waals surface area contributed by atoms with Gasteiger partial charge in [-0.15, -0.1) is 10.2 Å². The van der Waals surface area contributed by atoms with Gasteiger partial charge < -0.3 is 10.2 Å². The second-order valence-electron chi connectivity index (χ2n) is 3.36. The third kappa shape index (κ3) is 2.12. The van der Waals surface area contributed by atoms with Gasteiger partial charge in [-0.2, -0.15) is 0 Å². The Labute approximate surface area is 99.8 Å². The highest BCUT2D eigenvalue weighted by atomic mass is 79.9. The van der Waals surface area contributed by atoms with Crippen molar-refractivity contribution in [1.82, 2.24) is 10.2 Å². The second kappa shape index (κ2) is 4.31. The third-order valence-corrected chi connectivity index (χ3v) is 2.48. The van der Waals surface area contributed by atoms with Crippen molar-refractivity contribution in [1.29, 1.82) is 0 Å². The summed E-state index contributed by atoms with van der Waals surface area (Å²) in [6.07, 6.45) is 0. The molecule has 0 aliphatic heterocycles. The molecule has 0 aliphatic rings. The predicted molar refractivity (Wildman–Crippen MR) is 60.0 cm³/mol. The standard InChI is InChI=1S/C10H9BrFN3O/c1-5(13)9-14-15-10(16-9)7-3-2-6(11)4-8(7)12/h2-5H,13H2,1H3. The van der Waals surface area contributed by atoms with Crippen molar-refractivity contribution in [2.75, 3.05) is 0 Å². The Kier molecular flexibility index (Phi) is 3.02. The first kappa shape index (κ1) is 11.2. The van der Waals surface area contributed by atoms with Crippen LogP contribution in [0, 0.1) is 5.82 Å². The molecule has 6 heteroatoms. The fraction of sp³-hybridized carbons (Fsp3) is 0.200. The molecule has 1 aromatic carbocycles. The van der Waals surface area contributed by atoms with Gasteiger partial charge >= 0.3 is 0 Å². The zero-order valence-corrected chi connectivity index (χ0v) is 10.0. The smallest absolute Gasteiger partial charge is 0.250 e. The highest BCUT2D eigenvalue weighted by Gasteiger charge is 2.14. The van der Waals surface area contributed by atoms with Gasteiger partial charge in [-0.05, 0) is 25.1 Å². The molecule has 4 nitrogen and oxygen atoms in total. The topological polar surface area (TPSA) is 64.9 Å². The van der Waals surface area contributed by atoms with Crippen molar-refractivity contribution in [3.05, 3.63) is 34.4 Å². The van der Waals surface area contributed by atoms with Crippen LogP contribution < -0.4 is 5.73 Å². The Bertz CT molecular complexity index is 513. The number of hydrogen-bond acceptors (Lipinski definition) is 4. The Hall–Kier alpha value is -1.27. The van der Waals surface area contributed by atoms with Crippen molar-refractivity contribution < 1.29 is 8.81 Å². The molecular formula is C10H9BrFN3O. The van der Waals surface area contributed by atoms with E-state index in [0.29, 0.717) is 4.47 Å². The van der Waals surface area contributed by atoms with Crippen LogP contribution in [0.5, 0.6) is 0 Å². The minimum atomic E-state index is -0.422. The van der Waals surface area contributed by atoms with Gasteiger partial charge in [-0.25, -0.2) is 4.39 Å². The van der Waals surface area contributed by atoms with Crippen LogP contribution in [0.25, 0.3) is 11.5 Å². The van der Waals surface area contributed by atoms with Gasteiger partial charge in [-0.3, -0.25) is 0 Å². The molecule has 0 fully saturated rings. The van der Waals surface area contributed by atoms with E-state index in [9.17, 15) is 4.39 Å². The Morgan fingerprint density at radius 2 is 2.19 bits per heavy atom. The summed E-state index contributed by atoms with van der Waals surface area (Å²) < 4.78 is 19.5. The fourth-order valence-electron chi connectivity index (χ4n) is 1.19. The first-order chi connectivity index (χ1) is 7.58. The monoisotopic (exact) mass is 285 g/mol. The molecule has 1 aromatic heterocycles. The lowest BCUT2D eigenvalue weighted by molar-refractivity contribution is 0.470. The number of nitrogens with zero attached hydrogens (tertiary/aromatic N) is 2. The molecule has 16 heavy (non-hydrogen) atoms. The molecule has 0 aliphatic carbocycles. The number of halogens is 2. The normalized spacial score (nSPS) is 12.8. The Balaban J connectivity index is 2.42. The zero-order valence-electron chi connectivity index (χ0n) is 8.45. The van der Waals surface area contributed by atoms with Crippen LogP contribution in [0.1, 0.15) is 18.9 Å². The highest BCUT2D eigenvalue weighted by molar-refractivity contribution is 9.10. The van der Waals surface area contributed by atoms with Crippen LogP contribution in [0.4, 0.5) is 4.39 Å². The number of rotatable bonds is 2. The molecule has 2 aromatic rings. The van der Waals surface area contributed by atoms with Crippen molar-refractivity contribution >= 4 is 15.9 Å². The molecular weight excluding hydrogens is 277 g/mol. The number of aromatic nitrogens is 2. The van der Waals surface area contributed by atoms with Gasteiger partial charge in [0.05, 0.1) is 11.6 Å². The van der Waals surface area contributed by atoms with Gasteiger partial charge in [0.1, 0.15) is 5.82 Å². The lowest BCUT2D eigenvalue weighted by Crippen LogP contribution is -2.04. The van der Waals surface area contributed by atoms with Gasteiger partial charge in [0.15, 0.2) is 0 Å². The highest BCUT2D eigenvalue weighted by Crippen LogP contribution is 2.25. The van der Waals surface area contributed by atoms with Crippen molar-refractivity contribution in [3.63, 3.8) is 0 Å². The summed E-state index contributed by atoms with van der Waals surface area (Å²) in [5.74, 6) is 0.00358. The van der Waals surface area contributed by atoms with E-state index >= 15 is 0 Å². The third-order valence-electron chi connectivity index (χ3n) is 1.99. The molecule has 84 valence electrons. The van der Waals surface area contributed by atoms with E-state index in [0.717, 1.165) is 0 Å². The molecule has 0 amide bonds. The maximum atomic E-state index is 13.6. The summed E-state index contributed by atoms with van der Waals surface area (Å²) >= 11 is 3.17. The molecule has 0 radical (unpaired) electrons. The van der Waals surface area contributed by atoms with Gasteiger partial charge in [0, 0.05) is 4.47 Å². The minimum absolute atomic E-state index is 0.136. The van der Waals surface area contributed by atoms with Crippen LogP contribution in [-0.2, 0) is 0 Å². The van der Waals surface area contributed by atoms with Crippen LogP contribution in [0.3, 0.4) is 0 Å². The van der Waals surface area contributed by atoms with Gasteiger partial charge in [0.25, 0.3) is 5.89 Å². The summed E-state index contributed by atoms with van der Waals surface area (Å²) in [4.78, 5) is 0. The number of nitrogens with two attached hydrogens (primary N) is 1. The van der Waals surface area contributed by atoms with Crippen LogP contribution in [0.15, 0.2) is 27.1 Å². The van der Waals surface area contributed by atoms with Gasteiger partial charge in [0.2, 0.25) is 5.89 Å². The van der Waals surface area contributed by atoms with Crippen LogP contribution >= 0.6 is 15.9 Å². The van der Waals surface area contributed by atoms with E-state index in [2.05, 4.69) is 26.1 Å². The molecule has 2 rings (SSSR count). The average molecular weight is 286 g/mol. The summed E-state index contributed by atoms with van der Waals surface area (Å²) in [6.45, 7) is 1.72. The molecule has 1 unspecified atom stereocenters. The average Bonchev–Trinajstić information content (AvgIpc) is 2.66. The van der Waals surface area contributed by atoms with E-state index < -0.39 is 5.82 Å². The van der Waals surface area contributed by atoms with E-state index in [1.165, 1.54) is 6.07 Å². The maximum Gasteiger partial charge on any atom is 0.250 e. The molecule has 2 N–H and O–H groups in total. The molecule has 0 saturated carbocycles. The van der Waals surface area contributed by atoms with E-state index in [1.807, 2.05) is 0 Å². The molecule has 0 spiro atoms. The fourth-order valence-corrected chi connectivity index (χ4v) is 1.52. The first-order valence-corrected chi connectivity index (χ1v) is 5.41. The quantitative estimate of drug-likeness (QED) is 0.921. The second-order valence-corrected chi connectivity index (χ2v) is 4.27. The largest absolute Gasteiger partial charge is 0.419 e. The van der Waals surface area contributed by atoms with E-state index in [4.69, 9.17) is 10.2 Å². The SMILES string of the molecule is CC(N)c1nnc(-c2ccc(Br)cc2F)o1. The number of benzene rings is 1. The summed E-state index contributed by atoms with van der Waals surface area (Å²) in [7, 11) is 0. The van der Waals surface area contributed by atoms with Crippen LogP contribution in [0.2, 0.25) is 0 Å². The molecule has 1 heterocycles.